The summed E-state index contributed by atoms with van der Waals surface area (Å²) in [6, 6.07) is 13.2. The molecule has 38 heavy (non-hydrogen) atoms. The first-order valence-electron chi connectivity index (χ1n) is 11.2. The molecule has 0 spiro atoms. The Balaban J connectivity index is 1.72. The summed E-state index contributed by atoms with van der Waals surface area (Å²) in [4.78, 5) is 41.6. The summed E-state index contributed by atoms with van der Waals surface area (Å²) >= 11 is 5.93. The van der Waals surface area contributed by atoms with E-state index in [1.54, 1.807) is 18.3 Å². The van der Waals surface area contributed by atoms with E-state index in [4.69, 9.17) is 16.7 Å². The molecule has 2 aromatic heterocycles. The number of nitrogens with zero attached hydrogens (tertiary/aromatic N) is 2. The van der Waals surface area contributed by atoms with Gasteiger partial charge in [0.25, 0.3) is 5.56 Å². The minimum atomic E-state index is -4.67. The molecule has 0 aliphatic carbocycles. The molecule has 11 heteroatoms. The predicted molar refractivity (Wildman–Crippen MR) is 135 cm³/mol. The molecule has 2 aromatic carbocycles. The third-order valence-corrected chi connectivity index (χ3v) is 5.97. The van der Waals surface area contributed by atoms with Crippen molar-refractivity contribution in [3.63, 3.8) is 0 Å². The summed E-state index contributed by atoms with van der Waals surface area (Å²) in [5.74, 6) is -1.72. The first kappa shape index (κ1) is 26.6. The zero-order valence-electron chi connectivity index (χ0n) is 19.4. The van der Waals surface area contributed by atoms with E-state index >= 15 is 0 Å². The Hall–Kier alpha value is -4.44. The minimum Gasteiger partial charge on any atom is -0.478 e. The van der Waals surface area contributed by atoms with Gasteiger partial charge in [-0.25, -0.2) is 4.79 Å². The van der Waals surface area contributed by atoms with Crippen molar-refractivity contribution >= 4 is 29.2 Å². The van der Waals surface area contributed by atoms with Crippen molar-refractivity contribution in [2.24, 2.45) is 0 Å². The molecule has 0 fully saturated rings. The van der Waals surface area contributed by atoms with Gasteiger partial charge in [-0.05, 0) is 71.3 Å². The second kappa shape index (κ2) is 10.9. The molecule has 1 atom stereocenters. The lowest BCUT2D eigenvalue weighted by atomic mass is 9.99. The van der Waals surface area contributed by atoms with Gasteiger partial charge in [0.2, 0.25) is 5.91 Å². The molecular formula is C27H19ClF3N3O4. The molecule has 4 rings (SSSR count). The van der Waals surface area contributed by atoms with E-state index in [-0.39, 0.29) is 28.1 Å². The molecule has 0 bridgehead atoms. The number of hydrogen-bond acceptors (Lipinski definition) is 4. The summed E-state index contributed by atoms with van der Waals surface area (Å²) in [7, 11) is 0. The maximum Gasteiger partial charge on any atom is 0.417 e. The number of alkyl halides is 3. The Morgan fingerprint density at radius 3 is 2.39 bits per heavy atom. The summed E-state index contributed by atoms with van der Waals surface area (Å²) in [5.41, 5.74) is -0.962. The van der Waals surface area contributed by atoms with Crippen LogP contribution < -0.4 is 10.9 Å². The molecule has 1 unspecified atom stereocenters. The number of amides is 1. The summed E-state index contributed by atoms with van der Waals surface area (Å²) in [6.45, 7) is 0. The Morgan fingerprint density at radius 1 is 1.05 bits per heavy atom. The number of carbonyl (C=O) groups excluding carboxylic acids is 1. The van der Waals surface area contributed by atoms with Gasteiger partial charge in [0, 0.05) is 41.8 Å². The lowest BCUT2D eigenvalue weighted by molar-refractivity contribution is -0.137. The molecule has 2 N–H and O–H groups in total. The molecule has 194 valence electrons. The number of carboxylic acids is 1. The van der Waals surface area contributed by atoms with E-state index < -0.39 is 35.2 Å². The standard InChI is InChI=1S/C27H19ClF3N3O4/c28-19-5-8-22(27(29,30)31)21(14-19)18-9-11-34(24(35)13-18)23(12-16-2-1-10-32-15-16)25(36)33-20-6-3-17(4-7-20)26(37)38/h1-11,13-15,23H,12H2,(H,33,36)(H,37,38). The van der Waals surface area contributed by atoms with Gasteiger partial charge in [-0.2, -0.15) is 13.2 Å². The summed E-state index contributed by atoms with van der Waals surface area (Å²) in [5, 5.41) is 11.8. The van der Waals surface area contributed by atoms with Gasteiger partial charge in [0.1, 0.15) is 6.04 Å². The number of anilines is 1. The molecule has 7 nitrogen and oxygen atoms in total. The highest BCUT2D eigenvalue weighted by atomic mass is 35.5. The van der Waals surface area contributed by atoms with Crippen LogP contribution in [0.4, 0.5) is 18.9 Å². The van der Waals surface area contributed by atoms with Crippen molar-refractivity contribution in [2.75, 3.05) is 5.32 Å². The second-order valence-corrected chi connectivity index (χ2v) is 8.74. The van der Waals surface area contributed by atoms with Gasteiger partial charge in [0.05, 0.1) is 11.1 Å². The first-order chi connectivity index (χ1) is 18.0. The Bertz CT molecular complexity index is 1540. The zero-order chi connectivity index (χ0) is 27.4. The molecule has 2 heterocycles. The predicted octanol–water partition coefficient (Wildman–Crippen LogP) is 5.70. The van der Waals surface area contributed by atoms with Gasteiger partial charge < -0.3 is 15.0 Å². The molecule has 0 saturated carbocycles. The van der Waals surface area contributed by atoms with E-state index in [9.17, 15) is 27.6 Å². The number of benzene rings is 2. The van der Waals surface area contributed by atoms with Crippen LogP contribution in [0.3, 0.4) is 0 Å². The molecule has 0 saturated heterocycles. The van der Waals surface area contributed by atoms with Gasteiger partial charge in [-0.1, -0.05) is 17.7 Å². The number of rotatable bonds is 7. The molecule has 0 radical (unpaired) electrons. The number of halogens is 4. The van der Waals surface area contributed by atoms with Crippen molar-refractivity contribution in [3.05, 3.63) is 117 Å². The van der Waals surface area contributed by atoms with Crippen molar-refractivity contribution < 1.29 is 27.9 Å². The highest BCUT2D eigenvalue weighted by Crippen LogP contribution is 2.38. The monoisotopic (exact) mass is 541 g/mol. The van der Waals surface area contributed by atoms with Crippen LogP contribution in [-0.2, 0) is 17.4 Å². The fourth-order valence-corrected chi connectivity index (χ4v) is 4.07. The maximum absolute atomic E-state index is 13.6. The lowest BCUT2D eigenvalue weighted by Crippen LogP contribution is -2.34. The average molecular weight is 542 g/mol. The van der Waals surface area contributed by atoms with Gasteiger partial charge in [-0.3, -0.25) is 14.6 Å². The minimum absolute atomic E-state index is 0.00845. The summed E-state index contributed by atoms with van der Waals surface area (Å²) < 4.78 is 41.9. The van der Waals surface area contributed by atoms with Crippen molar-refractivity contribution in [1.29, 1.82) is 0 Å². The molecular weight excluding hydrogens is 523 g/mol. The number of aromatic nitrogens is 2. The van der Waals surface area contributed by atoms with Gasteiger partial charge in [-0.15, -0.1) is 0 Å². The first-order valence-corrected chi connectivity index (χ1v) is 11.5. The number of aromatic carboxylic acids is 1. The molecule has 0 aliphatic rings. The topological polar surface area (TPSA) is 101 Å². The van der Waals surface area contributed by atoms with E-state index in [0.29, 0.717) is 11.3 Å². The number of carboxylic acid groups (broad SMARTS) is 1. The van der Waals surface area contributed by atoms with E-state index in [0.717, 1.165) is 28.8 Å². The average Bonchev–Trinajstić information content (AvgIpc) is 2.87. The highest BCUT2D eigenvalue weighted by Gasteiger charge is 2.34. The smallest absolute Gasteiger partial charge is 0.417 e. The number of carbonyl (C=O) groups is 2. The van der Waals surface area contributed by atoms with Crippen LogP contribution in [0, 0.1) is 0 Å². The van der Waals surface area contributed by atoms with Crippen LogP contribution in [0.1, 0.15) is 27.5 Å². The fraction of sp³-hybridized carbons (Fsp3) is 0.111. The number of nitrogens with one attached hydrogen (secondary N) is 1. The Kier molecular flexibility index (Phi) is 7.63. The van der Waals surface area contributed by atoms with Crippen LogP contribution >= 0.6 is 11.6 Å². The lowest BCUT2D eigenvalue weighted by Gasteiger charge is -2.20. The zero-order valence-corrected chi connectivity index (χ0v) is 20.2. The van der Waals surface area contributed by atoms with Crippen LogP contribution in [0.2, 0.25) is 5.02 Å². The second-order valence-electron chi connectivity index (χ2n) is 8.30. The quantitative estimate of drug-likeness (QED) is 0.312. The molecule has 1 amide bonds. The van der Waals surface area contributed by atoms with Crippen LogP contribution in [0.25, 0.3) is 11.1 Å². The van der Waals surface area contributed by atoms with E-state index in [1.807, 2.05) is 0 Å². The third-order valence-electron chi connectivity index (χ3n) is 5.74. The Labute approximate surface area is 219 Å². The van der Waals surface area contributed by atoms with Crippen LogP contribution in [0.15, 0.2) is 90.1 Å². The van der Waals surface area contributed by atoms with Crippen molar-refractivity contribution in [2.45, 2.75) is 18.6 Å². The molecule has 0 aliphatic heterocycles. The fourth-order valence-electron chi connectivity index (χ4n) is 3.90. The van der Waals surface area contributed by atoms with Crippen molar-refractivity contribution in [1.82, 2.24) is 9.55 Å². The SMILES string of the molecule is O=C(O)c1ccc(NC(=O)C(Cc2cccnc2)n2ccc(-c3cc(Cl)ccc3C(F)(F)F)cc2=O)cc1. The van der Waals surface area contributed by atoms with Gasteiger partial charge >= 0.3 is 12.1 Å². The number of hydrogen-bond donors (Lipinski definition) is 2. The van der Waals surface area contributed by atoms with Crippen LogP contribution in [-0.4, -0.2) is 26.5 Å². The van der Waals surface area contributed by atoms with Gasteiger partial charge in [0.15, 0.2) is 0 Å². The Morgan fingerprint density at radius 2 is 1.79 bits per heavy atom. The normalized spacial score (nSPS) is 12.1. The third kappa shape index (κ3) is 6.09. The van der Waals surface area contributed by atoms with Crippen molar-refractivity contribution in [3.8, 4) is 11.1 Å². The highest BCUT2D eigenvalue weighted by molar-refractivity contribution is 6.30. The van der Waals surface area contributed by atoms with E-state index in [1.165, 1.54) is 42.7 Å². The number of pyridine rings is 2. The summed E-state index contributed by atoms with van der Waals surface area (Å²) in [6.07, 6.45) is -0.284. The van der Waals surface area contributed by atoms with E-state index in [2.05, 4.69) is 10.3 Å². The maximum atomic E-state index is 13.6. The largest absolute Gasteiger partial charge is 0.478 e. The molecule has 4 aromatic rings. The van der Waals surface area contributed by atoms with Crippen LogP contribution in [0.5, 0.6) is 0 Å².